The molecule has 0 saturated carbocycles. The summed E-state index contributed by atoms with van der Waals surface area (Å²) >= 11 is 0. The van der Waals surface area contributed by atoms with Crippen molar-refractivity contribution in [1.82, 2.24) is 0 Å². The molecule has 0 aromatic rings. The summed E-state index contributed by atoms with van der Waals surface area (Å²) in [6.07, 6.45) is 0.529. The van der Waals surface area contributed by atoms with Crippen LogP contribution in [0.4, 0.5) is 0 Å². The molecule has 0 spiro atoms. The lowest BCUT2D eigenvalue weighted by Crippen LogP contribution is -2.32. The Labute approximate surface area is 93.8 Å². The van der Waals surface area contributed by atoms with Crippen molar-refractivity contribution in [2.24, 2.45) is 11.3 Å². The summed E-state index contributed by atoms with van der Waals surface area (Å²) in [5.41, 5.74) is -0.290. The minimum atomic E-state index is -2.99. The Morgan fingerprint density at radius 2 is 1.67 bits per heavy atom. The number of rotatable bonds is 6. The van der Waals surface area contributed by atoms with Gasteiger partial charge in [-0.25, -0.2) is 8.42 Å². The van der Waals surface area contributed by atoms with Gasteiger partial charge in [0, 0.05) is 6.61 Å². The molecular formula is C11H24O3S. The van der Waals surface area contributed by atoms with E-state index in [1.807, 2.05) is 20.8 Å². The van der Waals surface area contributed by atoms with Crippen LogP contribution in [0.5, 0.6) is 0 Å². The van der Waals surface area contributed by atoms with Crippen LogP contribution in [0.2, 0.25) is 0 Å². The van der Waals surface area contributed by atoms with E-state index in [0.717, 1.165) is 0 Å². The van der Waals surface area contributed by atoms with E-state index in [-0.39, 0.29) is 28.9 Å². The summed E-state index contributed by atoms with van der Waals surface area (Å²) in [5.74, 6) is 0.449. The summed E-state index contributed by atoms with van der Waals surface area (Å²) in [6.45, 7) is 9.39. The fourth-order valence-corrected chi connectivity index (χ4v) is 2.38. The Bertz CT molecular complexity index is 280. The van der Waals surface area contributed by atoms with Crippen molar-refractivity contribution in [2.45, 2.75) is 46.3 Å². The van der Waals surface area contributed by atoms with Crippen LogP contribution < -0.4 is 0 Å². The average Bonchev–Trinajstić information content (AvgIpc) is 2.13. The number of aliphatic hydroxyl groups is 1. The van der Waals surface area contributed by atoms with E-state index in [1.54, 1.807) is 13.8 Å². The van der Waals surface area contributed by atoms with Crippen molar-refractivity contribution in [3.8, 4) is 0 Å². The SMILES string of the molecule is CC(C)C(C)(CO)CCS(=O)(=O)C(C)C. The zero-order chi connectivity index (χ0) is 12.3. The standard InChI is InChI=1S/C11H24O3S/c1-9(2)11(5,8-12)6-7-15(13,14)10(3)4/h9-10,12H,6-8H2,1-5H3. The van der Waals surface area contributed by atoms with Crippen molar-refractivity contribution < 1.29 is 13.5 Å². The van der Waals surface area contributed by atoms with E-state index in [2.05, 4.69) is 0 Å². The molecule has 0 aliphatic rings. The molecule has 0 aromatic carbocycles. The predicted octanol–water partition coefficient (Wildman–Crippen LogP) is 1.85. The molecule has 0 aliphatic carbocycles. The first kappa shape index (κ1) is 14.9. The van der Waals surface area contributed by atoms with Crippen LogP contribution in [0, 0.1) is 11.3 Å². The lowest BCUT2D eigenvalue weighted by Gasteiger charge is -2.31. The van der Waals surface area contributed by atoms with E-state index in [4.69, 9.17) is 0 Å². The molecule has 1 unspecified atom stereocenters. The van der Waals surface area contributed by atoms with Gasteiger partial charge in [0.25, 0.3) is 0 Å². The Balaban J connectivity index is 4.50. The molecule has 0 bridgehead atoms. The third-order valence-corrected chi connectivity index (χ3v) is 5.64. The predicted molar refractivity (Wildman–Crippen MR) is 63.6 cm³/mol. The normalized spacial score (nSPS) is 17.1. The van der Waals surface area contributed by atoms with Gasteiger partial charge in [-0.3, -0.25) is 0 Å². The molecule has 0 fully saturated rings. The number of hydrogen-bond acceptors (Lipinski definition) is 3. The van der Waals surface area contributed by atoms with E-state index >= 15 is 0 Å². The van der Waals surface area contributed by atoms with Gasteiger partial charge in [0.2, 0.25) is 0 Å². The van der Waals surface area contributed by atoms with Crippen molar-refractivity contribution >= 4 is 9.84 Å². The largest absolute Gasteiger partial charge is 0.396 e. The highest BCUT2D eigenvalue weighted by Gasteiger charge is 2.30. The highest BCUT2D eigenvalue weighted by molar-refractivity contribution is 7.91. The van der Waals surface area contributed by atoms with E-state index in [9.17, 15) is 13.5 Å². The van der Waals surface area contributed by atoms with Gasteiger partial charge in [-0.15, -0.1) is 0 Å². The molecule has 0 aliphatic heterocycles. The molecule has 0 rings (SSSR count). The maximum absolute atomic E-state index is 11.6. The molecule has 4 heteroatoms. The van der Waals surface area contributed by atoms with Gasteiger partial charge in [0.1, 0.15) is 0 Å². The van der Waals surface area contributed by atoms with Crippen molar-refractivity contribution in [3.63, 3.8) is 0 Å². The Hall–Kier alpha value is -0.0900. The number of aliphatic hydroxyl groups excluding tert-OH is 1. The summed E-state index contributed by atoms with van der Waals surface area (Å²) in [7, 11) is -2.99. The number of hydrogen-bond donors (Lipinski definition) is 1. The average molecular weight is 236 g/mol. The lowest BCUT2D eigenvalue weighted by atomic mass is 9.78. The Morgan fingerprint density at radius 3 is 1.93 bits per heavy atom. The van der Waals surface area contributed by atoms with Gasteiger partial charge in [0.15, 0.2) is 9.84 Å². The van der Waals surface area contributed by atoms with Gasteiger partial charge >= 0.3 is 0 Å². The van der Waals surface area contributed by atoms with Crippen LogP contribution >= 0.6 is 0 Å². The minimum Gasteiger partial charge on any atom is -0.396 e. The third kappa shape index (κ3) is 4.11. The second kappa shape index (κ2) is 5.30. The molecule has 92 valence electrons. The van der Waals surface area contributed by atoms with Crippen molar-refractivity contribution in [1.29, 1.82) is 0 Å². The summed E-state index contributed by atoms with van der Waals surface area (Å²) in [4.78, 5) is 0. The Kier molecular flexibility index (Phi) is 5.27. The van der Waals surface area contributed by atoms with Gasteiger partial charge in [-0.05, 0) is 31.6 Å². The van der Waals surface area contributed by atoms with Gasteiger partial charge in [0.05, 0.1) is 11.0 Å². The molecule has 0 amide bonds. The zero-order valence-electron chi connectivity index (χ0n) is 10.4. The molecular weight excluding hydrogens is 212 g/mol. The molecule has 0 heterocycles. The van der Waals surface area contributed by atoms with Crippen LogP contribution in [0.1, 0.15) is 41.0 Å². The van der Waals surface area contributed by atoms with E-state index < -0.39 is 9.84 Å². The highest BCUT2D eigenvalue weighted by Crippen LogP contribution is 2.31. The topological polar surface area (TPSA) is 54.4 Å². The van der Waals surface area contributed by atoms with E-state index in [0.29, 0.717) is 6.42 Å². The molecule has 1 N–H and O–H groups in total. The van der Waals surface area contributed by atoms with Gasteiger partial charge in [-0.1, -0.05) is 20.8 Å². The van der Waals surface area contributed by atoms with Crippen LogP contribution in [0.15, 0.2) is 0 Å². The molecule has 1 atom stereocenters. The summed E-state index contributed by atoms with van der Waals surface area (Å²) < 4.78 is 23.3. The van der Waals surface area contributed by atoms with Crippen molar-refractivity contribution in [2.75, 3.05) is 12.4 Å². The monoisotopic (exact) mass is 236 g/mol. The zero-order valence-corrected chi connectivity index (χ0v) is 11.3. The molecule has 3 nitrogen and oxygen atoms in total. The van der Waals surface area contributed by atoms with Crippen LogP contribution in [0.25, 0.3) is 0 Å². The fourth-order valence-electron chi connectivity index (χ4n) is 1.16. The molecule has 15 heavy (non-hydrogen) atoms. The van der Waals surface area contributed by atoms with Gasteiger partial charge in [-0.2, -0.15) is 0 Å². The molecule has 0 radical (unpaired) electrons. The quantitative estimate of drug-likeness (QED) is 0.766. The third-order valence-electron chi connectivity index (χ3n) is 3.43. The fraction of sp³-hybridized carbons (Fsp3) is 1.00. The first-order chi connectivity index (χ1) is 6.65. The molecule has 0 aromatic heterocycles. The number of sulfone groups is 1. The second-order valence-corrected chi connectivity index (χ2v) is 7.81. The minimum absolute atomic E-state index is 0.0400. The summed E-state index contributed by atoms with van der Waals surface area (Å²) in [6, 6.07) is 0. The van der Waals surface area contributed by atoms with Crippen LogP contribution in [-0.2, 0) is 9.84 Å². The van der Waals surface area contributed by atoms with Gasteiger partial charge < -0.3 is 5.11 Å². The molecule has 0 saturated heterocycles. The summed E-state index contributed by atoms with van der Waals surface area (Å²) in [5, 5.41) is 8.97. The maximum Gasteiger partial charge on any atom is 0.152 e. The van der Waals surface area contributed by atoms with Crippen LogP contribution in [0.3, 0.4) is 0 Å². The lowest BCUT2D eigenvalue weighted by molar-refractivity contribution is 0.0913. The smallest absolute Gasteiger partial charge is 0.152 e. The first-order valence-corrected chi connectivity index (χ1v) is 7.19. The highest BCUT2D eigenvalue weighted by atomic mass is 32.2. The maximum atomic E-state index is 11.6. The van der Waals surface area contributed by atoms with E-state index in [1.165, 1.54) is 0 Å². The van der Waals surface area contributed by atoms with Crippen LogP contribution in [-0.4, -0.2) is 31.1 Å². The van der Waals surface area contributed by atoms with Crippen molar-refractivity contribution in [3.05, 3.63) is 0 Å². The first-order valence-electron chi connectivity index (χ1n) is 5.48. The Morgan fingerprint density at radius 1 is 1.20 bits per heavy atom. The second-order valence-electron chi connectivity index (χ2n) is 5.13.